The van der Waals surface area contributed by atoms with Crippen LogP contribution in [0.15, 0.2) is 30.5 Å². The number of thiazole rings is 1. The van der Waals surface area contributed by atoms with Gasteiger partial charge < -0.3 is 4.74 Å². The molecule has 0 aliphatic rings. The van der Waals surface area contributed by atoms with E-state index in [1.54, 1.807) is 12.3 Å². The molecule has 1 heterocycles. The van der Waals surface area contributed by atoms with Gasteiger partial charge in [0.1, 0.15) is 6.61 Å². The molecule has 134 valence electrons. The van der Waals surface area contributed by atoms with Crippen molar-refractivity contribution in [2.75, 3.05) is 18.5 Å². The second-order valence-corrected chi connectivity index (χ2v) is 6.78. The number of amides is 2. The standard InChI is InChI=1S/C16H19ClN4O3S/c1-11-9-18-15(25-11)20-16(23)24-8-7-21(12(2)22)19-10-13-5-3-4-6-14(13)17/h3-6,9,19H,7-8,10H2,1-2H3,(H,18,20,23). The summed E-state index contributed by atoms with van der Waals surface area (Å²) < 4.78 is 5.07. The van der Waals surface area contributed by atoms with Crippen LogP contribution >= 0.6 is 22.9 Å². The Balaban J connectivity index is 1.76. The molecule has 0 fully saturated rings. The molecule has 2 N–H and O–H groups in total. The molecule has 0 atom stereocenters. The molecule has 2 rings (SSSR count). The van der Waals surface area contributed by atoms with E-state index in [0.717, 1.165) is 10.4 Å². The summed E-state index contributed by atoms with van der Waals surface area (Å²) in [5, 5.41) is 5.01. The lowest BCUT2D eigenvalue weighted by Crippen LogP contribution is -2.43. The summed E-state index contributed by atoms with van der Waals surface area (Å²) in [5.74, 6) is -0.188. The first kappa shape index (κ1) is 19.2. The highest BCUT2D eigenvalue weighted by atomic mass is 35.5. The Morgan fingerprint density at radius 3 is 2.76 bits per heavy atom. The van der Waals surface area contributed by atoms with Crippen LogP contribution in [0, 0.1) is 6.92 Å². The fourth-order valence-corrected chi connectivity index (χ4v) is 2.79. The van der Waals surface area contributed by atoms with Crippen LogP contribution in [0.4, 0.5) is 9.93 Å². The molecular weight excluding hydrogens is 364 g/mol. The molecular formula is C16H19ClN4O3S. The Labute approximate surface area is 154 Å². The zero-order valence-electron chi connectivity index (χ0n) is 13.9. The van der Waals surface area contributed by atoms with E-state index in [2.05, 4.69) is 15.7 Å². The van der Waals surface area contributed by atoms with Crippen LogP contribution in [-0.2, 0) is 16.1 Å². The highest BCUT2D eigenvalue weighted by molar-refractivity contribution is 7.15. The normalized spacial score (nSPS) is 10.4. The van der Waals surface area contributed by atoms with E-state index < -0.39 is 6.09 Å². The summed E-state index contributed by atoms with van der Waals surface area (Å²) in [6, 6.07) is 7.36. The van der Waals surface area contributed by atoms with Gasteiger partial charge in [-0.25, -0.2) is 15.2 Å². The van der Waals surface area contributed by atoms with Crippen LogP contribution in [0.2, 0.25) is 5.02 Å². The molecule has 0 spiro atoms. The fraction of sp³-hybridized carbons (Fsp3) is 0.312. The van der Waals surface area contributed by atoms with Gasteiger partial charge in [-0.2, -0.15) is 0 Å². The highest BCUT2D eigenvalue weighted by Crippen LogP contribution is 2.16. The molecule has 1 aromatic heterocycles. The van der Waals surface area contributed by atoms with E-state index >= 15 is 0 Å². The van der Waals surface area contributed by atoms with E-state index in [1.807, 2.05) is 25.1 Å². The maximum absolute atomic E-state index is 11.7. The molecule has 0 unspecified atom stereocenters. The van der Waals surface area contributed by atoms with Crippen molar-refractivity contribution in [2.24, 2.45) is 0 Å². The van der Waals surface area contributed by atoms with Gasteiger partial charge in [-0.1, -0.05) is 29.8 Å². The first-order chi connectivity index (χ1) is 12.0. The summed E-state index contributed by atoms with van der Waals surface area (Å²) in [6.07, 6.45) is 1.06. The number of nitrogens with one attached hydrogen (secondary N) is 2. The van der Waals surface area contributed by atoms with Crippen molar-refractivity contribution in [2.45, 2.75) is 20.4 Å². The van der Waals surface area contributed by atoms with E-state index in [-0.39, 0.29) is 19.1 Å². The smallest absolute Gasteiger partial charge is 0.413 e. The first-order valence-corrected chi connectivity index (χ1v) is 8.76. The van der Waals surface area contributed by atoms with Crippen molar-refractivity contribution >= 4 is 40.1 Å². The Kier molecular flexibility index (Phi) is 7.17. The number of anilines is 1. The first-order valence-electron chi connectivity index (χ1n) is 7.57. The number of aryl methyl sites for hydroxylation is 1. The molecule has 25 heavy (non-hydrogen) atoms. The number of nitrogens with zero attached hydrogens (tertiary/aromatic N) is 2. The summed E-state index contributed by atoms with van der Waals surface area (Å²) in [6.45, 7) is 3.97. The van der Waals surface area contributed by atoms with Gasteiger partial charge in [-0.15, -0.1) is 11.3 Å². The highest BCUT2D eigenvalue weighted by Gasteiger charge is 2.11. The average molecular weight is 383 g/mol. The van der Waals surface area contributed by atoms with E-state index in [0.29, 0.717) is 16.7 Å². The van der Waals surface area contributed by atoms with E-state index in [9.17, 15) is 9.59 Å². The van der Waals surface area contributed by atoms with Crippen LogP contribution in [0.1, 0.15) is 17.4 Å². The lowest BCUT2D eigenvalue weighted by Gasteiger charge is -2.22. The lowest BCUT2D eigenvalue weighted by atomic mass is 10.2. The number of rotatable bonds is 7. The summed E-state index contributed by atoms with van der Waals surface area (Å²) in [5.41, 5.74) is 3.85. The second kappa shape index (κ2) is 9.36. The molecule has 0 aliphatic heterocycles. The van der Waals surface area contributed by atoms with Crippen molar-refractivity contribution in [1.29, 1.82) is 0 Å². The quantitative estimate of drug-likeness (QED) is 0.718. The van der Waals surface area contributed by atoms with Gasteiger partial charge in [0, 0.05) is 29.6 Å². The van der Waals surface area contributed by atoms with Crippen LogP contribution in [0.3, 0.4) is 0 Å². The van der Waals surface area contributed by atoms with Crippen molar-refractivity contribution in [3.63, 3.8) is 0 Å². The zero-order chi connectivity index (χ0) is 18.2. The van der Waals surface area contributed by atoms with Gasteiger partial charge >= 0.3 is 6.09 Å². The maximum Gasteiger partial charge on any atom is 0.413 e. The maximum atomic E-state index is 11.7. The Bertz CT molecular complexity index is 738. The van der Waals surface area contributed by atoms with Gasteiger partial charge in [0.15, 0.2) is 5.13 Å². The third-order valence-corrected chi connectivity index (χ3v) is 4.37. The minimum Gasteiger partial charge on any atom is -0.447 e. The molecule has 0 saturated carbocycles. The average Bonchev–Trinajstić information content (AvgIpc) is 2.96. The minimum absolute atomic E-state index is 0.0469. The molecule has 2 aromatic rings. The number of aromatic nitrogens is 1. The van der Waals surface area contributed by atoms with E-state index in [4.69, 9.17) is 16.3 Å². The predicted octanol–water partition coefficient (Wildman–Crippen LogP) is 3.21. The minimum atomic E-state index is -0.607. The zero-order valence-corrected chi connectivity index (χ0v) is 15.5. The predicted molar refractivity (Wildman–Crippen MR) is 97.5 cm³/mol. The third-order valence-electron chi connectivity index (χ3n) is 3.18. The fourth-order valence-electron chi connectivity index (χ4n) is 1.94. The van der Waals surface area contributed by atoms with Gasteiger partial charge in [0.05, 0.1) is 6.54 Å². The van der Waals surface area contributed by atoms with Gasteiger partial charge in [-0.05, 0) is 18.6 Å². The van der Waals surface area contributed by atoms with Crippen LogP contribution in [-0.4, -0.2) is 35.1 Å². The van der Waals surface area contributed by atoms with Crippen molar-refractivity contribution in [3.8, 4) is 0 Å². The molecule has 1 aromatic carbocycles. The number of hydrogen-bond acceptors (Lipinski definition) is 6. The Hall–Kier alpha value is -2.16. The molecule has 9 heteroatoms. The molecule has 0 radical (unpaired) electrons. The number of ether oxygens (including phenoxy) is 1. The second-order valence-electron chi connectivity index (χ2n) is 5.13. The topological polar surface area (TPSA) is 83.6 Å². The summed E-state index contributed by atoms with van der Waals surface area (Å²) in [7, 11) is 0. The molecule has 2 amide bonds. The molecule has 0 saturated heterocycles. The van der Waals surface area contributed by atoms with Crippen LogP contribution < -0.4 is 10.7 Å². The van der Waals surface area contributed by atoms with Gasteiger partial charge in [0.2, 0.25) is 5.91 Å². The summed E-state index contributed by atoms with van der Waals surface area (Å²) in [4.78, 5) is 28.4. The largest absolute Gasteiger partial charge is 0.447 e. The van der Waals surface area contributed by atoms with Crippen molar-refractivity contribution < 1.29 is 14.3 Å². The number of halogens is 1. The SMILES string of the molecule is CC(=O)N(CCOC(=O)Nc1ncc(C)s1)NCc1ccccc1Cl. The van der Waals surface area contributed by atoms with Crippen molar-refractivity contribution in [3.05, 3.63) is 45.9 Å². The summed E-state index contributed by atoms with van der Waals surface area (Å²) >= 11 is 7.44. The third kappa shape index (κ3) is 6.33. The Morgan fingerprint density at radius 2 is 2.12 bits per heavy atom. The Morgan fingerprint density at radius 1 is 1.36 bits per heavy atom. The lowest BCUT2D eigenvalue weighted by molar-refractivity contribution is -0.132. The number of hydrogen-bond donors (Lipinski definition) is 2. The number of carbonyl (C=O) groups is 2. The number of benzene rings is 1. The van der Waals surface area contributed by atoms with E-state index in [1.165, 1.54) is 23.3 Å². The number of hydrazine groups is 1. The monoisotopic (exact) mass is 382 g/mol. The molecule has 0 aliphatic carbocycles. The molecule has 7 nitrogen and oxygen atoms in total. The van der Waals surface area contributed by atoms with Crippen LogP contribution in [0.25, 0.3) is 0 Å². The molecule has 0 bridgehead atoms. The van der Waals surface area contributed by atoms with Crippen LogP contribution in [0.5, 0.6) is 0 Å². The number of carbonyl (C=O) groups excluding carboxylic acids is 2. The van der Waals surface area contributed by atoms with Gasteiger partial charge in [-0.3, -0.25) is 15.1 Å². The van der Waals surface area contributed by atoms with Gasteiger partial charge in [0.25, 0.3) is 0 Å². The van der Waals surface area contributed by atoms with Crippen molar-refractivity contribution in [1.82, 2.24) is 15.4 Å².